The van der Waals surface area contributed by atoms with Crippen molar-refractivity contribution in [1.82, 2.24) is 15.5 Å². The molecule has 24 heavy (non-hydrogen) atoms. The summed E-state index contributed by atoms with van der Waals surface area (Å²) < 4.78 is 0. The number of hydrogen-bond acceptors (Lipinski definition) is 2. The van der Waals surface area contributed by atoms with Gasteiger partial charge in [-0.3, -0.25) is 9.79 Å². The van der Waals surface area contributed by atoms with Crippen LogP contribution in [0.4, 0.5) is 0 Å². The molecule has 1 saturated heterocycles. The van der Waals surface area contributed by atoms with Gasteiger partial charge in [-0.05, 0) is 31.5 Å². The fourth-order valence-corrected chi connectivity index (χ4v) is 2.79. The molecule has 1 aromatic rings. The first-order valence-electron chi connectivity index (χ1n) is 8.02. The van der Waals surface area contributed by atoms with E-state index < -0.39 is 0 Å². The lowest BCUT2D eigenvalue weighted by Crippen LogP contribution is -2.72. The molecule has 1 heterocycles. The fourth-order valence-electron chi connectivity index (χ4n) is 2.79. The second-order valence-electron chi connectivity index (χ2n) is 7.21. The molecule has 1 fully saturated rings. The van der Waals surface area contributed by atoms with Crippen molar-refractivity contribution in [3.63, 3.8) is 0 Å². The smallest absolute Gasteiger partial charge is 0.251 e. The molecule has 0 bridgehead atoms. The average molecular weight is 444 g/mol. The summed E-state index contributed by atoms with van der Waals surface area (Å²) in [4.78, 5) is 18.3. The third-order valence-electron chi connectivity index (χ3n) is 5.25. The van der Waals surface area contributed by atoms with Gasteiger partial charge in [0.05, 0.1) is 0 Å². The minimum absolute atomic E-state index is 0. The largest absolute Gasteiger partial charge is 0.355 e. The van der Waals surface area contributed by atoms with Gasteiger partial charge in [-0.15, -0.1) is 24.0 Å². The van der Waals surface area contributed by atoms with Crippen LogP contribution in [0.25, 0.3) is 0 Å². The van der Waals surface area contributed by atoms with E-state index in [-0.39, 0.29) is 40.8 Å². The normalized spacial score (nSPS) is 18.2. The van der Waals surface area contributed by atoms with Gasteiger partial charge >= 0.3 is 0 Å². The summed E-state index contributed by atoms with van der Waals surface area (Å²) in [7, 11) is 3.45. The van der Waals surface area contributed by atoms with E-state index >= 15 is 0 Å². The number of amides is 1. The highest BCUT2D eigenvalue weighted by Gasteiger charge is 2.53. The summed E-state index contributed by atoms with van der Waals surface area (Å²) in [5.74, 6) is 0.856. The Morgan fingerprint density at radius 1 is 1.21 bits per heavy atom. The summed E-state index contributed by atoms with van der Waals surface area (Å²) in [6.45, 7) is 10.8. The third kappa shape index (κ3) is 3.84. The van der Waals surface area contributed by atoms with Crippen molar-refractivity contribution in [3.05, 3.63) is 35.4 Å². The number of hydrogen-bond donors (Lipinski definition) is 2. The second kappa shape index (κ2) is 7.72. The molecule has 1 aliphatic rings. The van der Waals surface area contributed by atoms with Crippen molar-refractivity contribution in [3.8, 4) is 0 Å². The Morgan fingerprint density at radius 3 is 2.21 bits per heavy atom. The number of carbonyl (C=O) groups excluding carboxylic acids is 1. The lowest BCUT2D eigenvalue weighted by atomic mass is 9.65. The summed E-state index contributed by atoms with van der Waals surface area (Å²) in [5.41, 5.74) is 2.15. The molecule has 6 heteroatoms. The van der Waals surface area contributed by atoms with Crippen LogP contribution in [0.3, 0.4) is 0 Å². The van der Waals surface area contributed by atoms with Crippen LogP contribution in [0.15, 0.2) is 29.3 Å². The molecule has 0 saturated carbocycles. The number of likely N-dealkylation sites (tertiary alicyclic amines) is 1. The molecule has 1 amide bonds. The SMILES string of the molecule is CN=C(NCc1ccc(C(=O)NC)cc1)N1CC(C)(C)C1(C)C.I. The number of guanidine groups is 1. The Kier molecular flexibility index (Phi) is 6.67. The zero-order chi connectivity index (χ0) is 17.3. The number of carbonyl (C=O) groups is 1. The topological polar surface area (TPSA) is 56.7 Å². The van der Waals surface area contributed by atoms with Gasteiger partial charge in [-0.1, -0.05) is 26.0 Å². The van der Waals surface area contributed by atoms with Crippen LogP contribution in [0.5, 0.6) is 0 Å². The van der Waals surface area contributed by atoms with Crippen molar-refractivity contribution in [2.45, 2.75) is 39.8 Å². The van der Waals surface area contributed by atoms with Gasteiger partial charge < -0.3 is 15.5 Å². The van der Waals surface area contributed by atoms with E-state index in [9.17, 15) is 4.79 Å². The number of halogens is 1. The molecule has 1 aromatic carbocycles. The summed E-state index contributed by atoms with van der Waals surface area (Å²) >= 11 is 0. The Hall–Kier alpha value is -1.31. The molecule has 134 valence electrons. The predicted octanol–water partition coefficient (Wildman–Crippen LogP) is 2.86. The van der Waals surface area contributed by atoms with Crippen LogP contribution in [0, 0.1) is 5.41 Å². The van der Waals surface area contributed by atoms with E-state index in [1.807, 2.05) is 31.3 Å². The van der Waals surface area contributed by atoms with Crippen molar-refractivity contribution < 1.29 is 4.79 Å². The Morgan fingerprint density at radius 2 is 1.79 bits per heavy atom. The van der Waals surface area contributed by atoms with E-state index in [2.05, 4.69) is 48.2 Å². The van der Waals surface area contributed by atoms with Gasteiger partial charge in [-0.25, -0.2) is 0 Å². The average Bonchev–Trinajstić information content (AvgIpc) is 2.54. The van der Waals surface area contributed by atoms with E-state index in [4.69, 9.17) is 0 Å². The molecule has 0 aliphatic carbocycles. The van der Waals surface area contributed by atoms with Crippen LogP contribution in [0.1, 0.15) is 43.6 Å². The lowest BCUT2D eigenvalue weighted by molar-refractivity contribution is -0.0667. The molecular formula is C18H29IN4O. The van der Waals surface area contributed by atoms with Crippen molar-refractivity contribution in [2.24, 2.45) is 10.4 Å². The zero-order valence-corrected chi connectivity index (χ0v) is 17.8. The lowest BCUT2D eigenvalue weighted by Gasteiger charge is -2.62. The maximum Gasteiger partial charge on any atom is 0.251 e. The monoisotopic (exact) mass is 444 g/mol. The molecule has 0 aromatic heterocycles. The number of benzene rings is 1. The van der Waals surface area contributed by atoms with Crippen molar-refractivity contribution in [2.75, 3.05) is 20.6 Å². The van der Waals surface area contributed by atoms with Gasteiger partial charge in [0.2, 0.25) is 0 Å². The van der Waals surface area contributed by atoms with Gasteiger partial charge in [0.15, 0.2) is 5.96 Å². The standard InChI is InChI=1S/C18H28N4O.HI/c1-17(2)12-22(18(17,3)4)16(20-6)21-11-13-7-9-14(10-8-13)15(23)19-5;/h7-10H,11-12H2,1-6H3,(H,19,23)(H,20,21);1H. The van der Waals surface area contributed by atoms with Gasteiger partial charge in [-0.2, -0.15) is 0 Å². The summed E-state index contributed by atoms with van der Waals surface area (Å²) in [5, 5.41) is 6.05. The van der Waals surface area contributed by atoms with E-state index in [1.165, 1.54) is 0 Å². The Labute approximate surface area is 162 Å². The maximum absolute atomic E-state index is 11.6. The van der Waals surface area contributed by atoms with Crippen LogP contribution in [0.2, 0.25) is 0 Å². The van der Waals surface area contributed by atoms with Crippen molar-refractivity contribution >= 4 is 35.8 Å². The number of aliphatic imine (C=N–C) groups is 1. The molecule has 5 nitrogen and oxygen atoms in total. The first-order chi connectivity index (χ1) is 10.7. The summed E-state index contributed by atoms with van der Waals surface area (Å²) in [6.07, 6.45) is 0. The maximum atomic E-state index is 11.6. The Bertz CT molecular complexity index is 608. The first-order valence-corrected chi connectivity index (χ1v) is 8.02. The highest BCUT2D eigenvalue weighted by molar-refractivity contribution is 14.0. The van der Waals surface area contributed by atoms with Crippen LogP contribution in [-0.2, 0) is 6.54 Å². The minimum atomic E-state index is -0.0649. The van der Waals surface area contributed by atoms with Gasteiger partial charge in [0.25, 0.3) is 5.91 Å². The molecule has 1 aliphatic heterocycles. The van der Waals surface area contributed by atoms with Crippen molar-refractivity contribution in [1.29, 1.82) is 0 Å². The van der Waals surface area contributed by atoms with Crippen LogP contribution in [-0.4, -0.2) is 42.9 Å². The third-order valence-corrected chi connectivity index (χ3v) is 5.25. The molecule has 0 radical (unpaired) electrons. The summed E-state index contributed by atoms with van der Waals surface area (Å²) in [6, 6.07) is 7.62. The number of nitrogens with one attached hydrogen (secondary N) is 2. The molecule has 0 unspecified atom stereocenters. The highest BCUT2D eigenvalue weighted by Crippen LogP contribution is 2.46. The van der Waals surface area contributed by atoms with Gasteiger partial charge in [0.1, 0.15) is 0 Å². The quantitative estimate of drug-likeness (QED) is 0.429. The number of rotatable bonds is 3. The van der Waals surface area contributed by atoms with E-state index in [0.29, 0.717) is 12.1 Å². The zero-order valence-electron chi connectivity index (χ0n) is 15.4. The first kappa shape index (κ1) is 20.7. The molecular weight excluding hydrogens is 415 g/mol. The molecule has 0 spiro atoms. The highest BCUT2D eigenvalue weighted by atomic mass is 127. The van der Waals surface area contributed by atoms with E-state index in [0.717, 1.165) is 18.1 Å². The molecule has 0 atom stereocenters. The molecule has 2 rings (SSSR count). The second-order valence-corrected chi connectivity index (χ2v) is 7.21. The van der Waals surface area contributed by atoms with Crippen LogP contribution >= 0.6 is 24.0 Å². The van der Waals surface area contributed by atoms with Gasteiger partial charge in [0, 0.05) is 43.7 Å². The molecule has 2 N–H and O–H groups in total. The minimum Gasteiger partial charge on any atom is -0.355 e. The van der Waals surface area contributed by atoms with Crippen LogP contribution < -0.4 is 10.6 Å². The Balaban J connectivity index is 0.00000288. The van der Waals surface area contributed by atoms with E-state index in [1.54, 1.807) is 7.05 Å². The fraction of sp³-hybridized carbons (Fsp3) is 0.556. The number of nitrogens with zero attached hydrogens (tertiary/aromatic N) is 2. The predicted molar refractivity (Wildman–Crippen MR) is 110 cm³/mol.